The quantitative estimate of drug-likeness (QED) is 0.693. The van der Waals surface area contributed by atoms with Gasteiger partial charge in [-0.2, -0.15) is 0 Å². The third-order valence-corrected chi connectivity index (χ3v) is 4.45. The number of amides is 1. The van der Waals surface area contributed by atoms with Crippen LogP contribution in [0.1, 0.15) is 15.9 Å². The standard InChI is InChI=1S/C21H18ClNO3/c1-26-21(25)19(23-20(24)15-9-11-17(22)12-10-15)13-16-7-4-6-14-5-2-3-8-18(14)16/h2-12,19H,13H2,1H3,(H,23,24)/t19-/m0/s1. The first-order valence-electron chi connectivity index (χ1n) is 8.19. The number of hydrogen-bond acceptors (Lipinski definition) is 3. The van der Waals surface area contributed by atoms with Crippen LogP contribution in [-0.2, 0) is 16.0 Å². The molecule has 0 saturated carbocycles. The summed E-state index contributed by atoms with van der Waals surface area (Å²) < 4.78 is 4.88. The molecule has 0 bridgehead atoms. The van der Waals surface area contributed by atoms with Crippen LogP contribution in [0.4, 0.5) is 0 Å². The Hall–Kier alpha value is -2.85. The van der Waals surface area contributed by atoms with Crippen molar-refractivity contribution in [3.05, 3.63) is 82.9 Å². The fourth-order valence-corrected chi connectivity index (χ4v) is 2.99. The van der Waals surface area contributed by atoms with E-state index >= 15 is 0 Å². The predicted molar refractivity (Wildman–Crippen MR) is 102 cm³/mol. The third kappa shape index (κ3) is 4.03. The van der Waals surface area contributed by atoms with Gasteiger partial charge in [-0.05, 0) is 40.6 Å². The van der Waals surface area contributed by atoms with Crippen molar-refractivity contribution in [2.24, 2.45) is 0 Å². The van der Waals surface area contributed by atoms with Gasteiger partial charge in [0.25, 0.3) is 5.91 Å². The number of ether oxygens (including phenoxy) is 1. The van der Waals surface area contributed by atoms with Gasteiger partial charge in [0.05, 0.1) is 7.11 Å². The minimum atomic E-state index is -0.783. The van der Waals surface area contributed by atoms with Gasteiger partial charge in [0, 0.05) is 17.0 Å². The van der Waals surface area contributed by atoms with Gasteiger partial charge in [0.2, 0.25) is 0 Å². The number of hydrogen-bond donors (Lipinski definition) is 1. The normalized spacial score (nSPS) is 11.8. The second kappa shape index (κ2) is 8.02. The molecule has 5 heteroatoms. The summed E-state index contributed by atoms with van der Waals surface area (Å²) >= 11 is 5.85. The lowest BCUT2D eigenvalue weighted by atomic mass is 9.98. The molecule has 3 rings (SSSR count). The smallest absolute Gasteiger partial charge is 0.328 e. The van der Waals surface area contributed by atoms with Crippen molar-refractivity contribution in [1.82, 2.24) is 5.32 Å². The molecule has 0 spiro atoms. The average molecular weight is 368 g/mol. The molecule has 0 aliphatic carbocycles. The SMILES string of the molecule is COC(=O)[C@H](Cc1cccc2ccccc12)NC(=O)c1ccc(Cl)cc1. The predicted octanol–water partition coefficient (Wildman–Crippen LogP) is 4.01. The molecule has 0 aliphatic heterocycles. The molecule has 1 N–H and O–H groups in total. The maximum Gasteiger partial charge on any atom is 0.328 e. The van der Waals surface area contributed by atoms with Crippen LogP contribution in [0.3, 0.4) is 0 Å². The molecule has 1 amide bonds. The highest BCUT2D eigenvalue weighted by Gasteiger charge is 2.23. The van der Waals surface area contributed by atoms with E-state index in [0.717, 1.165) is 16.3 Å². The first kappa shape index (κ1) is 18.0. The van der Waals surface area contributed by atoms with Gasteiger partial charge in [-0.3, -0.25) is 4.79 Å². The lowest BCUT2D eigenvalue weighted by molar-refractivity contribution is -0.142. The molecule has 3 aromatic carbocycles. The van der Waals surface area contributed by atoms with Crippen LogP contribution in [0.25, 0.3) is 10.8 Å². The van der Waals surface area contributed by atoms with E-state index in [1.165, 1.54) is 7.11 Å². The first-order valence-corrected chi connectivity index (χ1v) is 8.57. The number of methoxy groups -OCH3 is 1. The largest absolute Gasteiger partial charge is 0.467 e. The van der Waals surface area contributed by atoms with Crippen LogP contribution >= 0.6 is 11.6 Å². The van der Waals surface area contributed by atoms with Crippen molar-refractivity contribution in [2.45, 2.75) is 12.5 Å². The molecule has 0 unspecified atom stereocenters. The number of esters is 1. The monoisotopic (exact) mass is 367 g/mol. The number of halogens is 1. The van der Waals surface area contributed by atoms with Gasteiger partial charge in [0.15, 0.2) is 0 Å². The molecule has 0 radical (unpaired) electrons. The van der Waals surface area contributed by atoms with Crippen molar-refractivity contribution in [3.63, 3.8) is 0 Å². The number of rotatable bonds is 5. The Kier molecular flexibility index (Phi) is 5.54. The van der Waals surface area contributed by atoms with Gasteiger partial charge in [0.1, 0.15) is 6.04 Å². The summed E-state index contributed by atoms with van der Waals surface area (Å²) in [5, 5.41) is 5.43. The van der Waals surface area contributed by atoms with Crippen LogP contribution in [0.5, 0.6) is 0 Å². The Morgan fingerprint density at radius 1 is 1.00 bits per heavy atom. The summed E-state index contributed by atoms with van der Waals surface area (Å²) in [6.45, 7) is 0. The second-order valence-corrected chi connectivity index (χ2v) is 6.33. The fraction of sp³-hybridized carbons (Fsp3) is 0.143. The Balaban J connectivity index is 1.85. The van der Waals surface area contributed by atoms with Crippen molar-refractivity contribution < 1.29 is 14.3 Å². The molecule has 0 saturated heterocycles. The molecule has 3 aromatic rings. The summed E-state index contributed by atoms with van der Waals surface area (Å²) in [5.41, 5.74) is 1.40. The van der Waals surface area contributed by atoms with Crippen molar-refractivity contribution in [3.8, 4) is 0 Å². The van der Waals surface area contributed by atoms with E-state index in [2.05, 4.69) is 5.32 Å². The molecule has 4 nitrogen and oxygen atoms in total. The van der Waals surface area contributed by atoms with Gasteiger partial charge in [-0.1, -0.05) is 54.1 Å². The Labute approximate surface area is 156 Å². The van der Waals surface area contributed by atoms with E-state index in [-0.39, 0.29) is 5.91 Å². The molecule has 0 aliphatic rings. The highest BCUT2D eigenvalue weighted by Crippen LogP contribution is 2.20. The van der Waals surface area contributed by atoms with Crippen LogP contribution in [0.15, 0.2) is 66.7 Å². The van der Waals surface area contributed by atoms with E-state index < -0.39 is 12.0 Å². The topological polar surface area (TPSA) is 55.4 Å². The minimum Gasteiger partial charge on any atom is -0.467 e. The molecule has 132 valence electrons. The maximum absolute atomic E-state index is 12.5. The first-order chi connectivity index (χ1) is 12.6. The number of fused-ring (bicyclic) bond motifs is 1. The molecule has 26 heavy (non-hydrogen) atoms. The van der Waals surface area contributed by atoms with Crippen molar-refractivity contribution >= 4 is 34.2 Å². The third-order valence-electron chi connectivity index (χ3n) is 4.20. The maximum atomic E-state index is 12.5. The highest BCUT2D eigenvalue weighted by atomic mass is 35.5. The zero-order valence-electron chi connectivity index (χ0n) is 14.2. The van der Waals surface area contributed by atoms with Crippen LogP contribution in [0.2, 0.25) is 5.02 Å². The average Bonchev–Trinajstić information content (AvgIpc) is 2.67. The number of benzene rings is 3. The van der Waals surface area contributed by atoms with E-state index in [1.54, 1.807) is 24.3 Å². The molecular formula is C21H18ClNO3. The van der Waals surface area contributed by atoms with E-state index in [1.807, 2.05) is 42.5 Å². The molecule has 1 atom stereocenters. The van der Waals surface area contributed by atoms with Crippen molar-refractivity contribution in [2.75, 3.05) is 7.11 Å². The number of nitrogens with one attached hydrogen (secondary N) is 1. The highest BCUT2D eigenvalue weighted by molar-refractivity contribution is 6.30. The second-order valence-electron chi connectivity index (χ2n) is 5.90. The lowest BCUT2D eigenvalue weighted by Gasteiger charge is -2.18. The zero-order valence-corrected chi connectivity index (χ0v) is 15.0. The van der Waals surface area contributed by atoms with E-state index in [4.69, 9.17) is 16.3 Å². The van der Waals surface area contributed by atoms with E-state index in [9.17, 15) is 9.59 Å². The van der Waals surface area contributed by atoms with Gasteiger partial charge >= 0.3 is 5.97 Å². The number of carbonyl (C=O) groups is 2. The van der Waals surface area contributed by atoms with E-state index in [0.29, 0.717) is 17.0 Å². The molecular weight excluding hydrogens is 350 g/mol. The number of carbonyl (C=O) groups excluding carboxylic acids is 2. The summed E-state index contributed by atoms with van der Waals surface area (Å²) in [7, 11) is 1.31. The Bertz CT molecular complexity index is 932. The summed E-state index contributed by atoms with van der Waals surface area (Å²) in [5.74, 6) is -0.836. The molecule has 0 heterocycles. The lowest BCUT2D eigenvalue weighted by Crippen LogP contribution is -2.43. The molecule has 0 fully saturated rings. The van der Waals surface area contributed by atoms with Crippen LogP contribution in [-0.4, -0.2) is 25.0 Å². The Morgan fingerprint density at radius 2 is 1.69 bits per heavy atom. The Morgan fingerprint density at radius 3 is 2.42 bits per heavy atom. The zero-order chi connectivity index (χ0) is 18.5. The van der Waals surface area contributed by atoms with Crippen LogP contribution < -0.4 is 5.32 Å². The summed E-state index contributed by atoms with van der Waals surface area (Å²) in [6.07, 6.45) is 0.341. The fourth-order valence-electron chi connectivity index (χ4n) is 2.87. The van der Waals surface area contributed by atoms with Gasteiger partial charge < -0.3 is 10.1 Å². The minimum absolute atomic E-state index is 0.341. The van der Waals surface area contributed by atoms with Crippen LogP contribution in [0, 0.1) is 0 Å². The van der Waals surface area contributed by atoms with Crippen molar-refractivity contribution in [1.29, 1.82) is 0 Å². The molecule has 0 aromatic heterocycles. The summed E-state index contributed by atoms with van der Waals surface area (Å²) in [4.78, 5) is 24.7. The van der Waals surface area contributed by atoms with Gasteiger partial charge in [-0.25, -0.2) is 4.79 Å². The van der Waals surface area contributed by atoms with Gasteiger partial charge in [-0.15, -0.1) is 0 Å². The summed E-state index contributed by atoms with van der Waals surface area (Å²) in [6, 6.07) is 19.5.